The lowest BCUT2D eigenvalue weighted by molar-refractivity contribution is -0.916. The molecule has 1 amide bonds. The van der Waals surface area contributed by atoms with Gasteiger partial charge in [0.15, 0.2) is 0 Å². The average molecular weight is 307 g/mol. The van der Waals surface area contributed by atoms with Gasteiger partial charge < -0.3 is 10.2 Å². The zero-order valence-electron chi connectivity index (χ0n) is 13.3. The van der Waals surface area contributed by atoms with Crippen LogP contribution in [0.5, 0.6) is 0 Å². The SMILES string of the molecule is C[NH+](C)C1(CNC(=O)c2cc3c(s2)CCC3)CCCCC1. The highest BCUT2D eigenvalue weighted by Gasteiger charge is 2.38. The molecule has 1 saturated carbocycles. The second-order valence-electron chi connectivity index (χ2n) is 6.94. The molecule has 1 heterocycles. The van der Waals surface area contributed by atoms with Crippen LogP contribution in [-0.4, -0.2) is 32.1 Å². The van der Waals surface area contributed by atoms with E-state index in [4.69, 9.17) is 0 Å². The fourth-order valence-corrected chi connectivity index (χ4v) is 5.03. The van der Waals surface area contributed by atoms with E-state index < -0.39 is 0 Å². The Morgan fingerprint density at radius 3 is 2.67 bits per heavy atom. The summed E-state index contributed by atoms with van der Waals surface area (Å²) in [5.41, 5.74) is 1.66. The minimum Gasteiger partial charge on any atom is -0.345 e. The van der Waals surface area contributed by atoms with E-state index in [1.165, 1.54) is 60.3 Å². The van der Waals surface area contributed by atoms with E-state index in [2.05, 4.69) is 25.5 Å². The van der Waals surface area contributed by atoms with Crippen LogP contribution in [0.4, 0.5) is 0 Å². The van der Waals surface area contributed by atoms with Crippen LogP contribution in [0.2, 0.25) is 0 Å². The van der Waals surface area contributed by atoms with E-state index in [1.54, 1.807) is 11.3 Å². The Morgan fingerprint density at radius 2 is 2.00 bits per heavy atom. The first-order valence-corrected chi connectivity index (χ1v) is 9.13. The van der Waals surface area contributed by atoms with E-state index >= 15 is 0 Å². The van der Waals surface area contributed by atoms with Crippen molar-refractivity contribution in [3.63, 3.8) is 0 Å². The maximum Gasteiger partial charge on any atom is 0.261 e. The molecule has 1 aromatic heterocycles. The molecule has 116 valence electrons. The van der Waals surface area contributed by atoms with Crippen LogP contribution in [-0.2, 0) is 12.8 Å². The fraction of sp³-hybridized carbons (Fsp3) is 0.706. The monoisotopic (exact) mass is 307 g/mol. The lowest BCUT2D eigenvalue weighted by Crippen LogP contribution is -3.16. The number of carbonyl (C=O) groups is 1. The molecule has 0 spiro atoms. The Hall–Kier alpha value is -0.870. The van der Waals surface area contributed by atoms with Crippen LogP contribution in [0.3, 0.4) is 0 Å². The topological polar surface area (TPSA) is 33.5 Å². The van der Waals surface area contributed by atoms with Gasteiger partial charge in [0.2, 0.25) is 0 Å². The zero-order chi connectivity index (χ0) is 14.9. The number of hydrogen-bond donors (Lipinski definition) is 2. The van der Waals surface area contributed by atoms with E-state index in [0.717, 1.165) is 17.8 Å². The van der Waals surface area contributed by atoms with Crippen molar-refractivity contribution in [2.24, 2.45) is 0 Å². The fourth-order valence-electron chi connectivity index (χ4n) is 3.86. The van der Waals surface area contributed by atoms with Gasteiger partial charge in [-0.25, -0.2) is 0 Å². The Bertz CT molecular complexity index is 493. The molecule has 1 aromatic rings. The normalized spacial score (nSPS) is 20.5. The molecule has 0 aliphatic heterocycles. The van der Waals surface area contributed by atoms with Gasteiger partial charge in [0.05, 0.1) is 25.5 Å². The van der Waals surface area contributed by atoms with Gasteiger partial charge in [0.25, 0.3) is 5.91 Å². The van der Waals surface area contributed by atoms with E-state index in [9.17, 15) is 4.79 Å². The van der Waals surface area contributed by atoms with Crippen molar-refractivity contribution in [1.82, 2.24) is 5.32 Å². The molecule has 0 unspecified atom stereocenters. The number of quaternary nitrogens is 1. The lowest BCUT2D eigenvalue weighted by atomic mass is 9.80. The number of nitrogens with one attached hydrogen (secondary N) is 2. The third-order valence-corrected chi connectivity index (χ3v) is 6.66. The highest BCUT2D eigenvalue weighted by molar-refractivity contribution is 7.14. The number of fused-ring (bicyclic) bond motifs is 1. The Morgan fingerprint density at radius 1 is 1.24 bits per heavy atom. The number of thiophene rings is 1. The first kappa shape index (κ1) is 15.0. The molecule has 2 N–H and O–H groups in total. The molecule has 0 bridgehead atoms. The molecule has 3 nitrogen and oxygen atoms in total. The van der Waals surface area contributed by atoms with Gasteiger partial charge in [0, 0.05) is 17.7 Å². The van der Waals surface area contributed by atoms with Gasteiger partial charge in [0.1, 0.15) is 5.54 Å². The Kier molecular flexibility index (Phi) is 4.36. The maximum absolute atomic E-state index is 12.4. The van der Waals surface area contributed by atoms with Crippen LogP contribution in [0.25, 0.3) is 0 Å². The highest BCUT2D eigenvalue weighted by Crippen LogP contribution is 2.30. The van der Waals surface area contributed by atoms with E-state index in [-0.39, 0.29) is 11.4 Å². The van der Waals surface area contributed by atoms with Crippen molar-refractivity contribution in [1.29, 1.82) is 0 Å². The summed E-state index contributed by atoms with van der Waals surface area (Å²) in [5.74, 6) is 0.139. The summed E-state index contributed by atoms with van der Waals surface area (Å²) >= 11 is 1.71. The predicted molar refractivity (Wildman–Crippen MR) is 87.3 cm³/mol. The van der Waals surface area contributed by atoms with E-state index in [0.29, 0.717) is 0 Å². The van der Waals surface area contributed by atoms with Crippen molar-refractivity contribution >= 4 is 17.2 Å². The van der Waals surface area contributed by atoms with E-state index in [1.807, 2.05) is 0 Å². The number of carbonyl (C=O) groups excluding carboxylic acids is 1. The summed E-state index contributed by atoms with van der Waals surface area (Å²) in [6.07, 6.45) is 10.00. The average Bonchev–Trinajstić information content (AvgIpc) is 3.07. The lowest BCUT2D eigenvalue weighted by Gasteiger charge is -2.39. The van der Waals surface area contributed by atoms with Gasteiger partial charge in [-0.3, -0.25) is 4.79 Å². The second-order valence-corrected chi connectivity index (χ2v) is 8.07. The van der Waals surface area contributed by atoms with Gasteiger partial charge in [-0.05, 0) is 43.7 Å². The van der Waals surface area contributed by atoms with Crippen LogP contribution in [0.1, 0.15) is 58.6 Å². The summed E-state index contributed by atoms with van der Waals surface area (Å²) in [5, 5.41) is 3.23. The van der Waals surface area contributed by atoms with Crippen molar-refractivity contribution in [2.45, 2.75) is 56.9 Å². The summed E-state index contributed by atoms with van der Waals surface area (Å²) in [6.45, 7) is 0.816. The summed E-state index contributed by atoms with van der Waals surface area (Å²) < 4.78 is 0. The first-order valence-electron chi connectivity index (χ1n) is 8.31. The highest BCUT2D eigenvalue weighted by atomic mass is 32.1. The molecule has 1 fully saturated rings. The van der Waals surface area contributed by atoms with Crippen LogP contribution < -0.4 is 10.2 Å². The minimum atomic E-state index is 0.139. The standard InChI is InChI=1S/C17H26N2OS/c1-19(2)17(9-4-3-5-10-17)12-18-16(20)15-11-13-7-6-8-14(13)21-15/h11H,3-10,12H2,1-2H3,(H,18,20)/p+1. The summed E-state index contributed by atoms with van der Waals surface area (Å²) in [6, 6.07) is 2.12. The molecular formula is C17H27N2OS+. The largest absolute Gasteiger partial charge is 0.345 e. The number of aryl methyl sites for hydroxylation is 2. The molecule has 3 rings (SSSR count). The molecule has 21 heavy (non-hydrogen) atoms. The number of likely N-dealkylation sites (N-methyl/N-ethyl adjacent to an activating group) is 1. The molecule has 0 atom stereocenters. The van der Waals surface area contributed by atoms with Crippen LogP contribution in [0.15, 0.2) is 6.07 Å². The Balaban J connectivity index is 1.63. The quantitative estimate of drug-likeness (QED) is 0.874. The molecule has 2 aliphatic rings. The number of rotatable bonds is 4. The summed E-state index contributed by atoms with van der Waals surface area (Å²) in [7, 11) is 4.47. The molecule has 4 heteroatoms. The van der Waals surface area contributed by atoms with Gasteiger partial charge >= 0.3 is 0 Å². The maximum atomic E-state index is 12.4. The Labute approximate surface area is 131 Å². The van der Waals surface area contributed by atoms with Gasteiger partial charge in [-0.1, -0.05) is 6.42 Å². The molecule has 0 radical (unpaired) electrons. The predicted octanol–water partition coefficient (Wildman–Crippen LogP) is 1.81. The third kappa shape index (κ3) is 3.02. The smallest absolute Gasteiger partial charge is 0.261 e. The molecule has 0 saturated heterocycles. The molecular weight excluding hydrogens is 280 g/mol. The van der Waals surface area contributed by atoms with Crippen molar-refractivity contribution in [3.05, 3.63) is 21.4 Å². The first-order chi connectivity index (χ1) is 10.1. The van der Waals surface area contributed by atoms with Crippen molar-refractivity contribution in [2.75, 3.05) is 20.6 Å². The van der Waals surface area contributed by atoms with Gasteiger partial charge in [-0.15, -0.1) is 11.3 Å². The van der Waals surface area contributed by atoms with Crippen LogP contribution in [0, 0.1) is 0 Å². The third-order valence-electron chi connectivity index (χ3n) is 5.43. The van der Waals surface area contributed by atoms with Crippen molar-refractivity contribution in [3.8, 4) is 0 Å². The zero-order valence-corrected chi connectivity index (χ0v) is 14.1. The summed E-state index contributed by atoms with van der Waals surface area (Å²) in [4.78, 5) is 16.3. The minimum absolute atomic E-state index is 0.139. The number of hydrogen-bond acceptors (Lipinski definition) is 2. The number of amides is 1. The van der Waals surface area contributed by atoms with Gasteiger partial charge in [-0.2, -0.15) is 0 Å². The van der Waals surface area contributed by atoms with Crippen LogP contribution >= 0.6 is 11.3 Å². The molecule has 0 aromatic carbocycles. The second kappa shape index (κ2) is 6.09. The molecule has 2 aliphatic carbocycles. The van der Waals surface area contributed by atoms with Crippen molar-refractivity contribution < 1.29 is 9.69 Å².